The highest BCUT2D eigenvalue weighted by Crippen LogP contribution is 2.35. The van der Waals surface area contributed by atoms with E-state index in [1.54, 1.807) is 42.5 Å². The van der Waals surface area contributed by atoms with E-state index in [0.717, 1.165) is 0 Å². The van der Waals surface area contributed by atoms with Gasteiger partial charge in [-0.25, -0.2) is 23.5 Å². The number of nitrogens with zero attached hydrogens (tertiary/aromatic N) is 4. The van der Waals surface area contributed by atoms with Crippen molar-refractivity contribution in [3.63, 3.8) is 0 Å². The summed E-state index contributed by atoms with van der Waals surface area (Å²) in [6, 6.07) is 12.8. The Morgan fingerprint density at radius 3 is 2.64 bits per heavy atom. The van der Waals surface area contributed by atoms with E-state index in [1.165, 1.54) is 18.6 Å². The Morgan fingerprint density at radius 1 is 1.05 bits per heavy atom. The molecular weight excluding hydrogens is 577 g/mol. The maximum absolute atomic E-state index is 14.4. The summed E-state index contributed by atoms with van der Waals surface area (Å²) in [5.74, 6) is -4.31. The van der Waals surface area contributed by atoms with Gasteiger partial charge in [-0.05, 0) is 36.8 Å². The Bertz CT molecular complexity index is 1750. The number of carbonyl (C=O) groups excluding carboxylic acids is 2. The molecule has 1 aliphatic heterocycles. The van der Waals surface area contributed by atoms with Crippen molar-refractivity contribution in [1.82, 2.24) is 19.9 Å². The molecule has 44 heavy (non-hydrogen) atoms. The third-order valence-electron chi connectivity index (χ3n) is 6.79. The smallest absolute Gasteiger partial charge is 0.366 e. The molecule has 3 heterocycles. The standard InChI is InChI=1S/C31H27F3N6O4/c1-18(32)30(41)39-27-14-23-26(15-28(27)44-21-8-10-40(16-21)11-12-43-31(42)19(2)33)36-17-37-29(23)38-20-7-9-35-25(13-20)22-5-3-4-6-24(22)34/h3-7,9,13-15,17,21H,1-2,8,10-12,16H2,(H,39,41)(H,35,36,37,38)/t21-/m1/s1. The van der Waals surface area contributed by atoms with Gasteiger partial charge in [-0.3, -0.25) is 14.7 Å². The number of nitrogens with one attached hydrogen (secondary N) is 2. The summed E-state index contributed by atoms with van der Waals surface area (Å²) >= 11 is 0. The molecule has 0 bridgehead atoms. The molecule has 1 aliphatic rings. The van der Waals surface area contributed by atoms with E-state index in [4.69, 9.17) is 9.47 Å². The van der Waals surface area contributed by atoms with Gasteiger partial charge in [0.25, 0.3) is 5.91 Å². The molecule has 226 valence electrons. The van der Waals surface area contributed by atoms with Crippen LogP contribution in [0.25, 0.3) is 22.2 Å². The first kappa shape index (κ1) is 30.2. The monoisotopic (exact) mass is 604 g/mol. The molecule has 13 heteroatoms. The quantitative estimate of drug-likeness (QED) is 0.170. The molecule has 0 radical (unpaired) electrons. The molecule has 1 fully saturated rings. The zero-order chi connectivity index (χ0) is 31.2. The van der Waals surface area contributed by atoms with Crippen LogP contribution in [-0.4, -0.2) is 64.1 Å². The van der Waals surface area contributed by atoms with Gasteiger partial charge in [-0.1, -0.05) is 25.3 Å². The maximum Gasteiger partial charge on any atom is 0.366 e. The van der Waals surface area contributed by atoms with Crippen LogP contribution in [0.15, 0.2) is 85.9 Å². The minimum absolute atomic E-state index is 0.0175. The van der Waals surface area contributed by atoms with Crippen molar-refractivity contribution in [2.75, 3.05) is 36.9 Å². The summed E-state index contributed by atoms with van der Waals surface area (Å²) in [5.41, 5.74) is 1.93. The Hall–Kier alpha value is -5.30. The number of likely N-dealkylation sites (tertiary alicyclic amines) is 1. The third-order valence-corrected chi connectivity index (χ3v) is 6.79. The van der Waals surface area contributed by atoms with Crippen LogP contribution >= 0.6 is 0 Å². The van der Waals surface area contributed by atoms with Gasteiger partial charge in [0, 0.05) is 48.5 Å². The fourth-order valence-corrected chi connectivity index (χ4v) is 4.65. The molecule has 4 aromatic rings. The number of hydrogen-bond donors (Lipinski definition) is 2. The topological polar surface area (TPSA) is 119 Å². The van der Waals surface area contributed by atoms with Gasteiger partial charge in [-0.2, -0.15) is 4.39 Å². The first-order chi connectivity index (χ1) is 21.2. The first-order valence-corrected chi connectivity index (χ1v) is 13.5. The molecular formula is C31H27F3N6O4. The molecule has 2 N–H and O–H groups in total. The van der Waals surface area contributed by atoms with E-state index in [2.05, 4.69) is 38.7 Å². The van der Waals surface area contributed by atoms with Gasteiger partial charge >= 0.3 is 5.97 Å². The highest BCUT2D eigenvalue weighted by molar-refractivity contribution is 6.05. The molecule has 2 aromatic heterocycles. The average molecular weight is 605 g/mol. The first-order valence-electron chi connectivity index (χ1n) is 13.5. The van der Waals surface area contributed by atoms with Gasteiger partial charge < -0.3 is 20.1 Å². The molecule has 0 aliphatic carbocycles. The molecule has 5 rings (SSSR count). The number of hydrogen-bond acceptors (Lipinski definition) is 9. The fraction of sp³-hybridized carbons (Fsp3) is 0.194. The van der Waals surface area contributed by atoms with Gasteiger partial charge in [0.15, 0.2) is 5.83 Å². The lowest BCUT2D eigenvalue weighted by atomic mass is 10.1. The predicted octanol–water partition coefficient (Wildman–Crippen LogP) is 5.48. The number of carbonyl (C=O) groups is 2. The van der Waals surface area contributed by atoms with Crippen molar-refractivity contribution in [2.24, 2.45) is 0 Å². The number of aromatic nitrogens is 3. The summed E-state index contributed by atoms with van der Waals surface area (Å²) in [6.45, 7) is 7.38. The van der Waals surface area contributed by atoms with E-state index >= 15 is 0 Å². The number of rotatable bonds is 11. The van der Waals surface area contributed by atoms with Crippen LogP contribution in [0.1, 0.15) is 6.42 Å². The lowest BCUT2D eigenvalue weighted by Crippen LogP contribution is -2.29. The van der Waals surface area contributed by atoms with Crippen molar-refractivity contribution >= 4 is 40.0 Å². The number of pyridine rings is 1. The van der Waals surface area contributed by atoms with Crippen LogP contribution in [0.5, 0.6) is 5.75 Å². The zero-order valence-corrected chi connectivity index (χ0v) is 23.4. The van der Waals surface area contributed by atoms with Crippen molar-refractivity contribution in [2.45, 2.75) is 12.5 Å². The summed E-state index contributed by atoms with van der Waals surface area (Å²) in [5, 5.41) is 6.15. The van der Waals surface area contributed by atoms with Crippen molar-refractivity contribution < 1.29 is 32.2 Å². The van der Waals surface area contributed by atoms with Gasteiger partial charge in [0.05, 0.1) is 16.9 Å². The highest BCUT2D eigenvalue weighted by atomic mass is 19.1. The van der Waals surface area contributed by atoms with Crippen molar-refractivity contribution in [3.8, 4) is 17.0 Å². The molecule has 10 nitrogen and oxygen atoms in total. The zero-order valence-electron chi connectivity index (χ0n) is 23.4. The van der Waals surface area contributed by atoms with Gasteiger partial charge in [0.2, 0.25) is 5.83 Å². The Balaban J connectivity index is 1.38. The van der Waals surface area contributed by atoms with E-state index in [-0.39, 0.29) is 24.1 Å². The molecule has 1 saturated heterocycles. The van der Waals surface area contributed by atoms with Crippen LogP contribution in [0.4, 0.5) is 30.4 Å². The second-order valence-corrected chi connectivity index (χ2v) is 9.85. The van der Waals surface area contributed by atoms with Gasteiger partial charge in [0.1, 0.15) is 36.4 Å². The number of esters is 1. The number of fused-ring (bicyclic) bond motifs is 1. The third kappa shape index (κ3) is 7.18. The number of halogens is 3. The van der Waals surface area contributed by atoms with E-state index in [9.17, 15) is 22.8 Å². The number of benzene rings is 2. The predicted molar refractivity (Wildman–Crippen MR) is 158 cm³/mol. The molecule has 0 spiro atoms. The van der Waals surface area contributed by atoms with E-state index in [1.807, 2.05) is 4.90 Å². The lowest BCUT2D eigenvalue weighted by Gasteiger charge is -2.19. The van der Waals surface area contributed by atoms with Gasteiger partial charge in [-0.15, -0.1) is 0 Å². The summed E-state index contributed by atoms with van der Waals surface area (Å²) in [6.07, 6.45) is 3.16. The maximum atomic E-state index is 14.4. The molecule has 2 aromatic carbocycles. The Labute approximate surface area is 250 Å². The highest BCUT2D eigenvalue weighted by Gasteiger charge is 2.26. The molecule has 1 atom stereocenters. The van der Waals surface area contributed by atoms with Crippen LogP contribution in [0.2, 0.25) is 0 Å². The summed E-state index contributed by atoms with van der Waals surface area (Å²) < 4.78 is 51.9. The Kier molecular flexibility index (Phi) is 9.15. The molecule has 0 unspecified atom stereocenters. The minimum atomic E-state index is -1.19. The number of ether oxygens (including phenoxy) is 2. The van der Waals surface area contributed by atoms with E-state index < -0.39 is 29.3 Å². The average Bonchev–Trinajstić information content (AvgIpc) is 3.45. The van der Waals surface area contributed by atoms with Crippen molar-refractivity contribution in [3.05, 3.63) is 91.7 Å². The van der Waals surface area contributed by atoms with Crippen LogP contribution in [0.3, 0.4) is 0 Å². The molecule has 1 amide bonds. The summed E-state index contributed by atoms with van der Waals surface area (Å²) in [7, 11) is 0. The van der Waals surface area contributed by atoms with Crippen molar-refractivity contribution in [1.29, 1.82) is 0 Å². The largest absolute Gasteiger partial charge is 0.487 e. The van der Waals surface area contributed by atoms with Crippen LogP contribution < -0.4 is 15.4 Å². The number of anilines is 3. The minimum Gasteiger partial charge on any atom is -0.487 e. The van der Waals surface area contributed by atoms with E-state index in [0.29, 0.717) is 59.7 Å². The molecule has 0 saturated carbocycles. The second kappa shape index (κ2) is 13.3. The fourth-order valence-electron chi connectivity index (χ4n) is 4.65. The lowest BCUT2D eigenvalue weighted by molar-refractivity contribution is -0.141. The SMILES string of the molecule is C=C(F)C(=O)Nc1cc2c(Nc3ccnc(-c4ccccc4F)c3)ncnc2cc1O[C@@H]1CCN(CCOC(=O)C(=C)F)C1. The van der Waals surface area contributed by atoms with Crippen LogP contribution in [0, 0.1) is 5.82 Å². The normalized spacial score (nSPS) is 14.7. The second-order valence-electron chi connectivity index (χ2n) is 9.85. The van der Waals surface area contributed by atoms with Crippen LogP contribution in [-0.2, 0) is 14.3 Å². The Morgan fingerprint density at radius 2 is 1.86 bits per heavy atom. The number of amides is 1. The summed E-state index contributed by atoms with van der Waals surface area (Å²) in [4.78, 5) is 38.5.